The molecule has 0 aliphatic carbocycles. The molecule has 1 aliphatic heterocycles. The topological polar surface area (TPSA) is 75.5 Å². The summed E-state index contributed by atoms with van der Waals surface area (Å²) in [6.07, 6.45) is 1.97. The number of rotatable bonds is 4. The summed E-state index contributed by atoms with van der Waals surface area (Å²) in [5.41, 5.74) is -0.238. The van der Waals surface area contributed by atoms with Crippen LogP contribution in [0.25, 0.3) is 0 Å². The summed E-state index contributed by atoms with van der Waals surface area (Å²) >= 11 is 5.86. The van der Waals surface area contributed by atoms with Crippen molar-refractivity contribution in [1.29, 1.82) is 0 Å². The molecule has 1 aromatic rings. The summed E-state index contributed by atoms with van der Waals surface area (Å²) < 4.78 is 0. The molecule has 1 aromatic carbocycles. The van der Waals surface area contributed by atoms with Gasteiger partial charge in [0.15, 0.2) is 0 Å². The Bertz CT molecular complexity index is 552. The lowest BCUT2D eigenvalue weighted by Crippen LogP contribution is -2.42. The van der Waals surface area contributed by atoms with Gasteiger partial charge in [-0.1, -0.05) is 17.7 Å². The molecule has 1 heterocycles. The first kappa shape index (κ1) is 18.7. The minimum atomic E-state index is -0.593. The average molecular weight is 348 g/mol. The number of para-hydroxylation sites is 1. The lowest BCUT2D eigenvalue weighted by molar-refractivity contribution is -0.385. The number of nitrogens with zero attached hydrogens (tertiary/aromatic N) is 2. The van der Waals surface area contributed by atoms with E-state index in [4.69, 9.17) is 11.6 Å². The molecule has 0 bridgehead atoms. The number of hydrogen-bond donors (Lipinski definition) is 1. The van der Waals surface area contributed by atoms with E-state index in [1.807, 2.05) is 7.05 Å². The number of hydrogen-bond acceptors (Lipinski definition) is 4. The van der Waals surface area contributed by atoms with Crippen LogP contribution in [-0.4, -0.2) is 42.4 Å². The fourth-order valence-corrected chi connectivity index (χ4v) is 2.99. The van der Waals surface area contributed by atoms with E-state index in [-0.39, 0.29) is 34.6 Å². The summed E-state index contributed by atoms with van der Waals surface area (Å²) in [5, 5.41) is 14.2. The minimum absolute atomic E-state index is 0. The highest BCUT2D eigenvalue weighted by Crippen LogP contribution is 2.30. The van der Waals surface area contributed by atoms with Gasteiger partial charge in [0.25, 0.3) is 5.91 Å². The number of carbonyl (C=O) groups is 1. The van der Waals surface area contributed by atoms with Gasteiger partial charge in [0, 0.05) is 13.1 Å². The lowest BCUT2D eigenvalue weighted by Gasteiger charge is -2.32. The molecule has 0 radical (unpaired) electrons. The van der Waals surface area contributed by atoms with Crippen molar-refractivity contribution in [3.8, 4) is 0 Å². The Morgan fingerprint density at radius 2 is 2.27 bits per heavy atom. The summed E-state index contributed by atoms with van der Waals surface area (Å²) in [6, 6.07) is 4.46. The van der Waals surface area contributed by atoms with Crippen LogP contribution >= 0.6 is 24.0 Å². The predicted molar refractivity (Wildman–Crippen MR) is 87.9 cm³/mol. The van der Waals surface area contributed by atoms with Crippen molar-refractivity contribution in [3.63, 3.8) is 0 Å². The summed E-state index contributed by atoms with van der Waals surface area (Å²) in [4.78, 5) is 24.8. The van der Waals surface area contributed by atoms with Crippen LogP contribution in [0.15, 0.2) is 18.2 Å². The van der Waals surface area contributed by atoms with Gasteiger partial charge in [0.2, 0.25) is 0 Å². The van der Waals surface area contributed by atoms with Gasteiger partial charge in [0.1, 0.15) is 10.6 Å². The number of nitrogens with one attached hydrogen (secondary N) is 1. The van der Waals surface area contributed by atoms with E-state index in [0.717, 1.165) is 19.4 Å². The molecule has 0 spiro atoms. The zero-order valence-electron chi connectivity index (χ0n) is 12.3. The van der Waals surface area contributed by atoms with Crippen molar-refractivity contribution >= 4 is 35.6 Å². The molecule has 122 valence electrons. The Balaban J connectivity index is 0.00000242. The van der Waals surface area contributed by atoms with E-state index in [2.05, 4.69) is 5.32 Å². The van der Waals surface area contributed by atoms with Gasteiger partial charge in [0.05, 0.1) is 4.92 Å². The molecule has 22 heavy (non-hydrogen) atoms. The van der Waals surface area contributed by atoms with Gasteiger partial charge in [-0.15, -0.1) is 12.4 Å². The fourth-order valence-electron chi connectivity index (χ4n) is 2.75. The summed E-state index contributed by atoms with van der Waals surface area (Å²) in [6.45, 7) is 2.08. The Morgan fingerprint density at radius 3 is 2.91 bits per heavy atom. The van der Waals surface area contributed by atoms with E-state index in [9.17, 15) is 14.9 Å². The first-order chi connectivity index (χ1) is 10.0. The molecule has 1 N–H and O–H groups in total. The van der Waals surface area contributed by atoms with E-state index in [1.165, 1.54) is 12.1 Å². The fraction of sp³-hybridized carbons (Fsp3) is 0.500. The number of likely N-dealkylation sites (tertiary alicyclic amines) is 1. The molecule has 1 saturated heterocycles. The average Bonchev–Trinajstić information content (AvgIpc) is 2.46. The van der Waals surface area contributed by atoms with Gasteiger partial charge in [-0.3, -0.25) is 14.9 Å². The summed E-state index contributed by atoms with van der Waals surface area (Å²) in [5.74, 6) is 0.0657. The van der Waals surface area contributed by atoms with E-state index >= 15 is 0 Å². The predicted octanol–water partition coefficient (Wildman–Crippen LogP) is 2.74. The zero-order chi connectivity index (χ0) is 15.4. The zero-order valence-corrected chi connectivity index (χ0v) is 13.8. The molecule has 1 aliphatic rings. The molecule has 8 heteroatoms. The highest BCUT2D eigenvalue weighted by atomic mass is 35.5. The van der Waals surface area contributed by atoms with Crippen LogP contribution in [0, 0.1) is 16.0 Å². The number of nitro groups is 1. The standard InChI is InChI=1S/C14H18ClN3O3.ClH/c1-16-8-10-4-3-7-17(9-10)14(19)11-5-2-6-12(15)13(11)18(20)21;/h2,5-6,10,16H,3-4,7-9H2,1H3;1H. The molecule has 0 saturated carbocycles. The van der Waals surface area contributed by atoms with Gasteiger partial charge >= 0.3 is 5.69 Å². The van der Waals surface area contributed by atoms with Crippen molar-refractivity contribution in [2.75, 3.05) is 26.7 Å². The number of piperidine rings is 1. The minimum Gasteiger partial charge on any atom is -0.338 e. The lowest BCUT2D eigenvalue weighted by atomic mass is 9.97. The third-order valence-electron chi connectivity index (χ3n) is 3.70. The Labute approximate surface area is 140 Å². The number of amides is 1. The summed E-state index contributed by atoms with van der Waals surface area (Å²) in [7, 11) is 1.88. The number of nitro benzene ring substituents is 1. The van der Waals surface area contributed by atoms with Crippen LogP contribution in [0.4, 0.5) is 5.69 Å². The second-order valence-electron chi connectivity index (χ2n) is 5.21. The molecule has 1 amide bonds. The van der Waals surface area contributed by atoms with Crippen LogP contribution in [0.1, 0.15) is 23.2 Å². The number of halogens is 2. The van der Waals surface area contributed by atoms with Crippen LogP contribution in [0.2, 0.25) is 5.02 Å². The third kappa shape index (κ3) is 4.09. The molecule has 1 atom stereocenters. The normalized spacial score (nSPS) is 17.7. The van der Waals surface area contributed by atoms with Gasteiger partial charge < -0.3 is 10.2 Å². The van der Waals surface area contributed by atoms with Crippen molar-refractivity contribution in [2.45, 2.75) is 12.8 Å². The van der Waals surface area contributed by atoms with Crippen LogP contribution in [-0.2, 0) is 0 Å². The van der Waals surface area contributed by atoms with Crippen LogP contribution in [0.3, 0.4) is 0 Å². The van der Waals surface area contributed by atoms with E-state index < -0.39 is 4.92 Å². The maximum Gasteiger partial charge on any atom is 0.300 e. The highest BCUT2D eigenvalue weighted by molar-refractivity contribution is 6.33. The van der Waals surface area contributed by atoms with Crippen molar-refractivity contribution in [1.82, 2.24) is 10.2 Å². The maximum atomic E-state index is 12.6. The maximum absolute atomic E-state index is 12.6. The monoisotopic (exact) mass is 347 g/mol. The van der Waals surface area contributed by atoms with Crippen LogP contribution < -0.4 is 5.32 Å². The SMILES string of the molecule is CNCC1CCCN(C(=O)c2cccc(Cl)c2[N+](=O)[O-])C1.Cl. The van der Waals surface area contributed by atoms with Crippen molar-refractivity contribution in [2.24, 2.45) is 5.92 Å². The number of carbonyl (C=O) groups excluding carboxylic acids is 1. The molecule has 1 fully saturated rings. The molecule has 1 unspecified atom stereocenters. The van der Waals surface area contributed by atoms with Gasteiger partial charge in [-0.2, -0.15) is 0 Å². The molecule has 2 rings (SSSR count). The van der Waals surface area contributed by atoms with E-state index in [1.54, 1.807) is 11.0 Å². The Morgan fingerprint density at radius 1 is 1.55 bits per heavy atom. The second-order valence-corrected chi connectivity index (χ2v) is 5.62. The first-order valence-corrected chi connectivity index (χ1v) is 7.29. The molecule has 6 nitrogen and oxygen atoms in total. The first-order valence-electron chi connectivity index (χ1n) is 6.91. The Hall–Kier alpha value is -1.37. The van der Waals surface area contributed by atoms with Crippen molar-refractivity contribution < 1.29 is 9.72 Å². The molecular weight excluding hydrogens is 329 g/mol. The largest absolute Gasteiger partial charge is 0.338 e. The molecular formula is C14H19Cl2N3O3. The molecule has 0 aromatic heterocycles. The highest BCUT2D eigenvalue weighted by Gasteiger charge is 2.30. The third-order valence-corrected chi connectivity index (χ3v) is 4.00. The smallest absolute Gasteiger partial charge is 0.300 e. The van der Waals surface area contributed by atoms with Crippen molar-refractivity contribution in [3.05, 3.63) is 38.9 Å². The van der Waals surface area contributed by atoms with Gasteiger partial charge in [-0.25, -0.2) is 0 Å². The van der Waals surface area contributed by atoms with E-state index in [0.29, 0.717) is 19.0 Å². The second kappa shape index (κ2) is 8.31. The quantitative estimate of drug-likeness (QED) is 0.671. The number of benzene rings is 1. The van der Waals surface area contributed by atoms with Crippen LogP contribution in [0.5, 0.6) is 0 Å². The Kier molecular flexibility index (Phi) is 7.06. The van der Waals surface area contributed by atoms with Gasteiger partial charge in [-0.05, 0) is 44.5 Å².